The Morgan fingerprint density at radius 3 is 2.55 bits per heavy atom. The molecule has 0 spiro atoms. The fraction of sp³-hybridized carbons (Fsp3) is 0.316. The molecule has 4 amide bonds. The summed E-state index contributed by atoms with van der Waals surface area (Å²) in [5, 5.41) is 15.5. The van der Waals surface area contributed by atoms with Gasteiger partial charge in [0.05, 0.1) is 0 Å². The molecule has 2 atom stereocenters. The third-order valence-corrected chi connectivity index (χ3v) is 5.12. The summed E-state index contributed by atoms with van der Waals surface area (Å²) in [5.41, 5.74) is 0.438. The van der Waals surface area contributed by atoms with Crippen LogP contribution in [-0.4, -0.2) is 44.8 Å². The molecule has 3 N–H and O–H groups in total. The molecule has 1 aliphatic heterocycles. The SMILES string of the molecule is CC(C)C[C@H](C(=O)Nc1nc(C(=O)O)cs1)N1C(=O)N[C@@H](c2ccccc2)C1=O. The molecule has 3 rings (SSSR count). The van der Waals surface area contributed by atoms with Crippen molar-refractivity contribution < 1.29 is 24.3 Å². The van der Waals surface area contributed by atoms with Crippen molar-refractivity contribution in [1.29, 1.82) is 0 Å². The van der Waals surface area contributed by atoms with Crippen LogP contribution in [0.2, 0.25) is 0 Å². The van der Waals surface area contributed by atoms with E-state index in [0.717, 1.165) is 16.2 Å². The molecule has 0 bridgehead atoms. The first kappa shape index (κ1) is 20.5. The molecule has 0 unspecified atom stereocenters. The molecule has 10 heteroatoms. The molecule has 2 heterocycles. The van der Waals surface area contributed by atoms with Crippen molar-refractivity contribution in [2.24, 2.45) is 5.92 Å². The van der Waals surface area contributed by atoms with E-state index in [1.807, 2.05) is 13.8 Å². The second kappa shape index (κ2) is 8.39. The largest absolute Gasteiger partial charge is 0.476 e. The van der Waals surface area contributed by atoms with Crippen molar-refractivity contribution in [3.05, 3.63) is 47.0 Å². The monoisotopic (exact) mass is 416 g/mol. The molecule has 0 saturated carbocycles. The second-order valence-electron chi connectivity index (χ2n) is 6.98. The smallest absolute Gasteiger partial charge is 0.355 e. The number of anilines is 1. The number of carboxylic acid groups (broad SMARTS) is 1. The van der Waals surface area contributed by atoms with Gasteiger partial charge in [0.15, 0.2) is 10.8 Å². The molecule has 1 aromatic carbocycles. The number of urea groups is 1. The van der Waals surface area contributed by atoms with E-state index in [0.29, 0.717) is 5.56 Å². The average molecular weight is 416 g/mol. The number of nitrogens with one attached hydrogen (secondary N) is 2. The number of imide groups is 1. The van der Waals surface area contributed by atoms with Crippen molar-refractivity contribution in [3.63, 3.8) is 0 Å². The summed E-state index contributed by atoms with van der Waals surface area (Å²) in [4.78, 5) is 54.1. The molecule has 29 heavy (non-hydrogen) atoms. The minimum atomic E-state index is -1.21. The molecule has 0 aliphatic carbocycles. The molecule has 1 aromatic heterocycles. The number of hydrogen-bond donors (Lipinski definition) is 3. The van der Waals surface area contributed by atoms with Crippen molar-refractivity contribution in [1.82, 2.24) is 15.2 Å². The lowest BCUT2D eigenvalue weighted by molar-refractivity contribution is -0.134. The summed E-state index contributed by atoms with van der Waals surface area (Å²) in [6.45, 7) is 3.75. The third-order valence-electron chi connectivity index (χ3n) is 4.37. The van der Waals surface area contributed by atoms with Gasteiger partial charge in [-0.2, -0.15) is 0 Å². The Labute approximate surface area is 170 Å². The molecule has 152 valence electrons. The Kier molecular flexibility index (Phi) is 5.92. The normalized spacial score (nSPS) is 17.3. The maximum Gasteiger partial charge on any atom is 0.355 e. The summed E-state index contributed by atoms with van der Waals surface area (Å²) in [5.74, 6) is -2.29. The third kappa shape index (κ3) is 4.43. The van der Waals surface area contributed by atoms with E-state index in [9.17, 15) is 19.2 Å². The van der Waals surface area contributed by atoms with Gasteiger partial charge in [-0.15, -0.1) is 11.3 Å². The zero-order chi connectivity index (χ0) is 21.1. The van der Waals surface area contributed by atoms with E-state index >= 15 is 0 Å². The van der Waals surface area contributed by atoms with Crippen LogP contribution in [-0.2, 0) is 9.59 Å². The number of rotatable bonds is 7. The number of carbonyl (C=O) groups excluding carboxylic acids is 3. The van der Waals surface area contributed by atoms with Gasteiger partial charge in [-0.3, -0.25) is 9.59 Å². The first-order valence-corrected chi connectivity index (χ1v) is 9.84. The van der Waals surface area contributed by atoms with E-state index < -0.39 is 35.9 Å². The van der Waals surface area contributed by atoms with Crippen molar-refractivity contribution in [2.45, 2.75) is 32.4 Å². The minimum absolute atomic E-state index is 0.0213. The van der Waals surface area contributed by atoms with E-state index in [4.69, 9.17) is 5.11 Å². The highest BCUT2D eigenvalue weighted by Crippen LogP contribution is 2.27. The van der Waals surface area contributed by atoms with Crippen molar-refractivity contribution in [2.75, 3.05) is 5.32 Å². The van der Waals surface area contributed by atoms with Gasteiger partial charge in [-0.05, 0) is 17.9 Å². The maximum absolute atomic E-state index is 13.0. The Morgan fingerprint density at radius 2 is 1.97 bits per heavy atom. The number of aromatic carboxylic acids is 1. The number of amides is 4. The summed E-state index contributed by atoms with van der Waals surface area (Å²) < 4.78 is 0. The Morgan fingerprint density at radius 1 is 1.28 bits per heavy atom. The fourth-order valence-electron chi connectivity index (χ4n) is 3.05. The molecule has 1 fully saturated rings. The molecule has 1 saturated heterocycles. The van der Waals surface area contributed by atoms with Gasteiger partial charge in [0, 0.05) is 5.38 Å². The van der Waals surface area contributed by atoms with Crippen LogP contribution in [0.5, 0.6) is 0 Å². The fourth-order valence-corrected chi connectivity index (χ4v) is 3.74. The summed E-state index contributed by atoms with van der Waals surface area (Å²) in [6.07, 6.45) is 0.254. The standard InChI is InChI=1S/C19H20N4O5S/c1-10(2)8-13(15(24)22-18-20-12(9-29-18)17(26)27)23-16(25)14(21-19(23)28)11-6-4-3-5-7-11/h3-7,9-10,13-14H,8H2,1-2H3,(H,21,28)(H,26,27)(H,20,22,24)/t13-,14+/m1/s1. The molecular formula is C19H20N4O5S. The lowest BCUT2D eigenvalue weighted by Gasteiger charge is -2.25. The number of carboxylic acids is 1. The number of hydrogen-bond acceptors (Lipinski definition) is 6. The van der Waals surface area contributed by atoms with Crippen LogP contribution in [0.3, 0.4) is 0 Å². The van der Waals surface area contributed by atoms with Gasteiger partial charge >= 0.3 is 12.0 Å². The quantitative estimate of drug-likeness (QED) is 0.595. The maximum atomic E-state index is 13.0. The summed E-state index contributed by atoms with van der Waals surface area (Å²) in [6, 6.07) is 6.24. The van der Waals surface area contributed by atoms with Gasteiger partial charge in [0.2, 0.25) is 5.91 Å². The van der Waals surface area contributed by atoms with Crippen LogP contribution in [0.15, 0.2) is 35.7 Å². The lowest BCUT2D eigenvalue weighted by Crippen LogP contribution is -2.48. The lowest BCUT2D eigenvalue weighted by atomic mass is 10.0. The minimum Gasteiger partial charge on any atom is -0.476 e. The average Bonchev–Trinajstić information content (AvgIpc) is 3.25. The van der Waals surface area contributed by atoms with Crippen LogP contribution in [0.25, 0.3) is 0 Å². The summed E-state index contributed by atoms with van der Waals surface area (Å²) >= 11 is 0.956. The van der Waals surface area contributed by atoms with E-state index in [2.05, 4.69) is 15.6 Å². The highest BCUT2D eigenvalue weighted by Gasteiger charge is 2.45. The van der Waals surface area contributed by atoms with Gasteiger partial charge in [-0.25, -0.2) is 19.5 Å². The number of nitrogens with zero attached hydrogens (tertiary/aromatic N) is 2. The molecule has 9 nitrogen and oxygen atoms in total. The second-order valence-corrected chi connectivity index (χ2v) is 7.84. The van der Waals surface area contributed by atoms with Gasteiger partial charge < -0.3 is 15.7 Å². The van der Waals surface area contributed by atoms with Crippen LogP contribution < -0.4 is 10.6 Å². The molecular weight excluding hydrogens is 396 g/mol. The number of carbonyl (C=O) groups is 4. The first-order chi connectivity index (χ1) is 13.8. The van der Waals surface area contributed by atoms with Gasteiger partial charge in [0.25, 0.3) is 5.91 Å². The van der Waals surface area contributed by atoms with Crippen molar-refractivity contribution in [3.8, 4) is 0 Å². The molecule has 0 radical (unpaired) electrons. The predicted octanol–water partition coefficient (Wildman–Crippen LogP) is 2.49. The zero-order valence-electron chi connectivity index (χ0n) is 15.8. The molecule has 1 aliphatic rings. The number of thiazole rings is 1. The summed E-state index contributed by atoms with van der Waals surface area (Å²) in [7, 11) is 0. The highest BCUT2D eigenvalue weighted by molar-refractivity contribution is 7.14. The Bertz CT molecular complexity index is 943. The van der Waals surface area contributed by atoms with E-state index in [1.165, 1.54) is 5.38 Å². The van der Waals surface area contributed by atoms with E-state index in [1.54, 1.807) is 30.3 Å². The first-order valence-electron chi connectivity index (χ1n) is 8.96. The van der Waals surface area contributed by atoms with Crippen LogP contribution in [0.4, 0.5) is 9.93 Å². The highest BCUT2D eigenvalue weighted by atomic mass is 32.1. The van der Waals surface area contributed by atoms with Crippen LogP contribution in [0.1, 0.15) is 42.4 Å². The Hall–Kier alpha value is -3.27. The topological polar surface area (TPSA) is 129 Å². The molecule has 2 aromatic rings. The van der Waals surface area contributed by atoms with Gasteiger partial charge in [-0.1, -0.05) is 44.2 Å². The van der Waals surface area contributed by atoms with E-state index in [-0.39, 0.29) is 23.2 Å². The van der Waals surface area contributed by atoms with Crippen LogP contribution in [0, 0.1) is 5.92 Å². The predicted molar refractivity (Wildman–Crippen MR) is 106 cm³/mol. The van der Waals surface area contributed by atoms with Crippen molar-refractivity contribution >= 4 is 40.3 Å². The van der Waals surface area contributed by atoms with Gasteiger partial charge in [0.1, 0.15) is 12.1 Å². The zero-order valence-corrected chi connectivity index (χ0v) is 16.6. The number of benzene rings is 1. The van der Waals surface area contributed by atoms with Crippen LogP contribution >= 0.6 is 11.3 Å². The number of aromatic nitrogens is 1. The Balaban J connectivity index is 1.83.